The zero-order chi connectivity index (χ0) is 12.6. The number of hydrogen-bond acceptors (Lipinski definition) is 3. The first-order valence-corrected chi connectivity index (χ1v) is 6.23. The van der Waals surface area contributed by atoms with Gasteiger partial charge in [-0.2, -0.15) is 0 Å². The predicted octanol–water partition coefficient (Wildman–Crippen LogP) is 0.960. The van der Waals surface area contributed by atoms with E-state index >= 15 is 0 Å². The molecule has 1 amide bonds. The van der Waals surface area contributed by atoms with Crippen molar-refractivity contribution in [3.63, 3.8) is 0 Å². The molecule has 2 atom stereocenters. The standard InChI is InChI=1S/C12H27N3O/c1-5-7-10(2)14-12(16)11(3)15(4)9-6-8-13/h10-11H,5-9,13H2,1-4H3,(H,14,16). The van der Waals surface area contributed by atoms with Gasteiger partial charge in [0.2, 0.25) is 5.91 Å². The quantitative estimate of drug-likeness (QED) is 0.652. The predicted molar refractivity (Wildman–Crippen MR) is 68.3 cm³/mol. The lowest BCUT2D eigenvalue weighted by Crippen LogP contribution is -2.46. The molecule has 0 saturated carbocycles. The average molecular weight is 229 g/mol. The largest absolute Gasteiger partial charge is 0.352 e. The topological polar surface area (TPSA) is 58.4 Å². The Bertz CT molecular complexity index is 197. The van der Waals surface area contributed by atoms with Crippen LogP contribution in [-0.2, 0) is 4.79 Å². The van der Waals surface area contributed by atoms with Gasteiger partial charge in [0, 0.05) is 6.04 Å². The molecule has 96 valence electrons. The summed E-state index contributed by atoms with van der Waals surface area (Å²) in [7, 11) is 1.96. The average Bonchev–Trinajstić information content (AvgIpc) is 2.24. The Balaban J connectivity index is 3.96. The van der Waals surface area contributed by atoms with Gasteiger partial charge in [0.1, 0.15) is 0 Å². The Hall–Kier alpha value is -0.610. The highest BCUT2D eigenvalue weighted by Crippen LogP contribution is 2.00. The summed E-state index contributed by atoms with van der Waals surface area (Å²) in [6.45, 7) is 7.65. The van der Waals surface area contributed by atoms with Crippen molar-refractivity contribution >= 4 is 5.91 Å². The van der Waals surface area contributed by atoms with Crippen molar-refractivity contribution in [1.29, 1.82) is 0 Å². The maximum Gasteiger partial charge on any atom is 0.237 e. The van der Waals surface area contributed by atoms with E-state index in [1.165, 1.54) is 0 Å². The molecular formula is C12H27N3O. The van der Waals surface area contributed by atoms with Crippen LogP contribution in [0.25, 0.3) is 0 Å². The fraction of sp³-hybridized carbons (Fsp3) is 0.917. The second-order valence-electron chi connectivity index (χ2n) is 4.50. The van der Waals surface area contributed by atoms with Crippen molar-refractivity contribution < 1.29 is 4.79 Å². The summed E-state index contributed by atoms with van der Waals surface area (Å²) in [6.07, 6.45) is 3.06. The zero-order valence-electron chi connectivity index (χ0n) is 11.1. The van der Waals surface area contributed by atoms with E-state index in [0.29, 0.717) is 6.54 Å². The van der Waals surface area contributed by atoms with Gasteiger partial charge < -0.3 is 11.1 Å². The van der Waals surface area contributed by atoms with E-state index in [4.69, 9.17) is 5.73 Å². The number of likely N-dealkylation sites (N-methyl/N-ethyl adjacent to an activating group) is 1. The van der Waals surface area contributed by atoms with Crippen LogP contribution < -0.4 is 11.1 Å². The Labute approximate surface area is 99.6 Å². The molecule has 0 rings (SSSR count). The molecule has 2 unspecified atom stereocenters. The van der Waals surface area contributed by atoms with Crippen molar-refractivity contribution in [2.45, 2.75) is 52.1 Å². The lowest BCUT2D eigenvalue weighted by atomic mass is 10.1. The summed E-state index contributed by atoms with van der Waals surface area (Å²) in [5.41, 5.74) is 5.45. The third kappa shape index (κ3) is 6.08. The maximum absolute atomic E-state index is 11.8. The highest BCUT2D eigenvalue weighted by atomic mass is 16.2. The van der Waals surface area contributed by atoms with E-state index in [1.807, 2.05) is 25.8 Å². The van der Waals surface area contributed by atoms with Gasteiger partial charge in [0.05, 0.1) is 6.04 Å². The van der Waals surface area contributed by atoms with E-state index in [9.17, 15) is 4.79 Å². The van der Waals surface area contributed by atoms with Crippen LogP contribution in [-0.4, -0.2) is 43.0 Å². The van der Waals surface area contributed by atoms with Gasteiger partial charge >= 0.3 is 0 Å². The number of hydrogen-bond donors (Lipinski definition) is 2. The van der Waals surface area contributed by atoms with Crippen LogP contribution >= 0.6 is 0 Å². The number of nitrogens with one attached hydrogen (secondary N) is 1. The Morgan fingerprint density at radius 3 is 2.56 bits per heavy atom. The molecule has 0 saturated heterocycles. The van der Waals surface area contributed by atoms with E-state index in [-0.39, 0.29) is 18.0 Å². The number of carbonyl (C=O) groups is 1. The summed E-state index contributed by atoms with van der Waals surface area (Å²) < 4.78 is 0. The minimum atomic E-state index is -0.0779. The SMILES string of the molecule is CCCC(C)NC(=O)C(C)N(C)CCCN. The molecule has 0 bridgehead atoms. The molecule has 0 aromatic carbocycles. The van der Waals surface area contributed by atoms with Crippen LogP contribution in [0.3, 0.4) is 0 Å². The monoisotopic (exact) mass is 229 g/mol. The van der Waals surface area contributed by atoms with Crippen LogP contribution in [0.5, 0.6) is 0 Å². The van der Waals surface area contributed by atoms with E-state index in [0.717, 1.165) is 25.8 Å². The zero-order valence-corrected chi connectivity index (χ0v) is 11.1. The summed E-state index contributed by atoms with van der Waals surface area (Å²) in [4.78, 5) is 13.9. The van der Waals surface area contributed by atoms with E-state index < -0.39 is 0 Å². The fourth-order valence-corrected chi connectivity index (χ4v) is 1.60. The lowest BCUT2D eigenvalue weighted by Gasteiger charge is -2.25. The normalized spacial score (nSPS) is 14.9. The summed E-state index contributed by atoms with van der Waals surface area (Å²) in [6, 6.07) is 0.189. The van der Waals surface area contributed by atoms with Gasteiger partial charge in [-0.05, 0) is 46.8 Å². The summed E-state index contributed by atoms with van der Waals surface area (Å²) in [5, 5.41) is 3.03. The summed E-state index contributed by atoms with van der Waals surface area (Å²) >= 11 is 0. The van der Waals surface area contributed by atoms with Crippen LogP contribution in [0.4, 0.5) is 0 Å². The molecule has 0 aromatic heterocycles. The number of nitrogens with zero attached hydrogens (tertiary/aromatic N) is 1. The van der Waals surface area contributed by atoms with Crippen molar-refractivity contribution in [1.82, 2.24) is 10.2 Å². The first kappa shape index (κ1) is 15.4. The number of rotatable bonds is 8. The van der Waals surface area contributed by atoms with Crippen molar-refractivity contribution in [3.8, 4) is 0 Å². The highest BCUT2D eigenvalue weighted by molar-refractivity contribution is 5.81. The molecule has 0 aliphatic heterocycles. The molecule has 0 spiro atoms. The van der Waals surface area contributed by atoms with Crippen LogP contribution in [0.15, 0.2) is 0 Å². The maximum atomic E-state index is 11.8. The first-order valence-electron chi connectivity index (χ1n) is 6.23. The summed E-state index contributed by atoms with van der Waals surface area (Å²) in [5.74, 6) is 0.112. The fourth-order valence-electron chi connectivity index (χ4n) is 1.60. The molecule has 4 heteroatoms. The molecule has 16 heavy (non-hydrogen) atoms. The molecule has 0 aliphatic rings. The van der Waals surface area contributed by atoms with Crippen molar-refractivity contribution in [2.24, 2.45) is 5.73 Å². The molecule has 0 aromatic rings. The van der Waals surface area contributed by atoms with Gasteiger partial charge in [0.15, 0.2) is 0 Å². The Morgan fingerprint density at radius 1 is 1.44 bits per heavy atom. The van der Waals surface area contributed by atoms with Crippen LogP contribution in [0, 0.1) is 0 Å². The molecule has 0 fully saturated rings. The molecule has 3 N–H and O–H groups in total. The molecule has 4 nitrogen and oxygen atoms in total. The van der Waals surface area contributed by atoms with Crippen molar-refractivity contribution in [3.05, 3.63) is 0 Å². The third-order valence-corrected chi connectivity index (χ3v) is 2.87. The molecule has 0 heterocycles. The number of nitrogens with two attached hydrogens (primary N) is 1. The van der Waals surface area contributed by atoms with Gasteiger partial charge in [-0.15, -0.1) is 0 Å². The Morgan fingerprint density at radius 2 is 2.06 bits per heavy atom. The minimum Gasteiger partial charge on any atom is -0.352 e. The number of carbonyl (C=O) groups excluding carboxylic acids is 1. The number of amides is 1. The third-order valence-electron chi connectivity index (χ3n) is 2.87. The lowest BCUT2D eigenvalue weighted by molar-refractivity contribution is -0.126. The van der Waals surface area contributed by atoms with Gasteiger partial charge in [-0.1, -0.05) is 13.3 Å². The van der Waals surface area contributed by atoms with Gasteiger partial charge in [-0.3, -0.25) is 9.69 Å². The second kappa shape index (κ2) is 8.53. The van der Waals surface area contributed by atoms with Gasteiger partial charge in [0.25, 0.3) is 0 Å². The molecule has 0 aliphatic carbocycles. The Kier molecular flexibility index (Phi) is 8.21. The second-order valence-corrected chi connectivity index (χ2v) is 4.50. The minimum absolute atomic E-state index is 0.0779. The van der Waals surface area contributed by atoms with Crippen LogP contribution in [0.2, 0.25) is 0 Å². The molecule has 0 radical (unpaired) electrons. The van der Waals surface area contributed by atoms with Crippen LogP contribution in [0.1, 0.15) is 40.0 Å². The highest BCUT2D eigenvalue weighted by Gasteiger charge is 2.18. The van der Waals surface area contributed by atoms with Gasteiger partial charge in [-0.25, -0.2) is 0 Å². The first-order chi connectivity index (χ1) is 7.52. The molecular weight excluding hydrogens is 202 g/mol. The van der Waals surface area contributed by atoms with Crippen molar-refractivity contribution in [2.75, 3.05) is 20.1 Å². The van der Waals surface area contributed by atoms with E-state index in [1.54, 1.807) is 0 Å². The van der Waals surface area contributed by atoms with E-state index in [2.05, 4.69) is 12.2 Å². The smallest absolute Gasteiger partial charge is 0.237 e.